The number of allylic oxidation sites excluding steroid dienone is 1. The normalized spacial score (nSPS) is 14.0. The molecule has 2 aromatic rings. The number of aryl methyl sites for hydroxylation is 1. The van der Waals surface area contributed by atoms with E-state index in [9.17, 15) is 14.4 Å². The van der Waals surface area contributed by atoms with Crippen molar-refractivity contribution in [2.45, 2.75) is 90.4 Å². The van der Waals surface area contributed by atoms with Gasteiger partial charge < -0.3 is 25.4 Å². The highest BCUT2D eigenvalue weighted by molar-refractivity contribution is 7.12. The second kappa shape index (κ2) is 15.3. The molecule has 1 aromatic carbocycles. The van der Waals surface area contributed by atoms with Crippen molar-refractivity contribution in [1.82, 2.24) is 16.0 Å². The summed E-state index contributed by atoms with van der Waals surface area (Å²) in [4.78, 5) is 39.7. The number of hydrogen-bond acceptors (Lipinski definition) is 7. The average molecular weight is 556 g/mol. The molecule has 1 aliphatic heterocycles. The molecule has 1 atom stereocenters. The summed E-state index contributed by atoms with van der Waals surface area (Å²) in [7, 11) is 0. The summed E-state index contributed by atoms with van der Waals surface area (Å²) in [6.07, 6.45) is 7.99. The number of carbonyl (C=O) groups excluding carboxylic acids is 3. The second-order valence-corrected chi connectivity index (χ2v) is 11.9. The Hall–Kier alpha value is -3.33. The molecule has 0 radical (unpaired) electrons. The van der Waals surface area contributed by atoms with Crippen LogP contribution in [0.5, 0.6) is 0 Å². The molecule has 0 fully saturated rings. The zero-order valence-corrected chi connectivity index (χ0v) is 24.0. The van der Waals surface area contributed by atoms with Gasteiger partial charge in [-0.2, -0.15) is 0 Å². The summed E-state index contributed by atoms with van der Waals surface area (Å²) in [5.41, 5.74) is 0.190. The fourth-order valence-electron chi connectivity index (χ4n) is 4.05. The van der Waals surface area contributed by atoms with E-state index in [0.717, 1.165) is 61.3 Å². The topological polar surface area (TPSA) is 106 Å². The van der Waals surface area contributed by atoms with Crippen molar-refractivity contribution in [3.8, 4) is 0 Å². The van der Waals surface area contributed by atoms with E-state index in [1.165, 1.54) is 4.88 Å². The molecule has 2 heterocycles. The van der Waals surface area contributed by atoms with Crippen molar-refractivity contribution >= 4 is 29.3 Å². The molecule has 0 spiro atoms. The first-order chi connectivity index (χ1) is 18.7. The van der Waals surface area contributed by atoms with Crippen molar-refractivity contribution in [2.24, 2.45) is 0 Å². The van der Waals surface area contributed by atoms with Crippen LogP contribution in [0.4, 0.5) is 4.79 Å². The third kappa shape index (κ3) is 11.9. The zero-order valence-electron chi connectivity index (χ0n) is 23.2. The van der Waals surface area contributed by atoms with Gasteiger partial charge in [-0.1, -0.05) is 36.8 Å². The van der Waals surface area contributed by atoms with Gasteiger partial charge in [-0.05, 0) is 76.6 Å². The van der Waals surface area contributed by atoms with Gasteiger partial charge in [0.2, 0.25) is 5.91 Å². The molecule has 0 aliphatic carbocycles. The van der Waals surface area contributed by atoms with Gasteiger partial charge in [0.1, 0.15) is 24.1 Å². The Balaban J connectivity index is 1.44. The maximum absolute atomic E-state index is 12.9. The van der Waals surface area contributed by atoms with Crippen LogP contribution in [0.15, 0.2) is 54.4 Å². The first-order valence-corrected chi connectivity index (χ1v) is 14.5. The fraction of sp³-hybridized carbons (Fsp3) is 0.500. The lowest BCUT2D eigenvalue weighted by Crippen LogP contribution is -2.45. The number of unbranched alkanes of at least 4 members (excludes halogenated alkanes) is 2. The van der Waals surface area contributed by atoms with Crippen LogP contribution in [0.2, 0.25) is 0 Å². The van der Waals surface area contributed by atoms with Gasteiger partial charge in [0.05, 0.1) is 0 Å². The molecule has 1 aliphatic rings. The van der Waals surface area contributed by atoms with Crippen molar-refractivity contribution in [1.29, 1.82) is 0 Å². The van der Waals surface area contributed by atoms with Gasteiger partial charge in [0.15, 0.2) is 0 Å². The molecule has 0 saturated heterocycles. The number of rotatable bonds is 13. The Morgan fingerprint density at radius 1 is 1.03 bits per heavy atom. The van der Waals surface area contributed by atoms with Crippen LogP contribution >= 0.6 is 11.3 Å². The Kier molecular flexibility index (Phi) is 11.9. The molecule has 3 N–H and O–H groups in total. The predicted octanol–water partition coefficient (Wildman–Crippen LogP) is 5.37. The van der Waals surface area contributed by atoms with E-state index in [-0.39, 0.29) is 12.5 Å². The SMILES string of the molecule is CC(C)(C)OC(=O)C(Cc1ccc(CCCCCC(=O)NC2=CCCCN2)s1)NC(=O)OCc1ccccc1. The van der Waals surface area contributed by atoms with Crippen LogP contribution in [0.3, 0.4) is 0 Å². The summed E-state index contributed by atoms with van der Waals surface area (Å²) in [6, 6.07) is 12.6. The van der Waals surface area contributed by atoms with Gasteiger partial charge in [0, 0.05) is 29.1 Å². The van der Waals surface area contributed by atoms with E-state index >= 15 is 0 Å². The van der Waals surface area contributed by atoms with Crippen LogP contribution in [0.1, 0.15) is 74.6 Å². The number of benzene rings is 1. The molecular weight excluding hydrogens is 514 g/mol. The third-order valence-corrected chi connectivity index (χ3v) is 7.13. The minimum Gasteiger partial charge on any atom is -0.458 e. The number of nitrogens with one attached hydrogen (secondary N) is 3. The Bertz CT molecular complexity index is 1110. The highest BCUT2D eigenvalue weighted by atomic mass is 32.1. The van der Waals surface area contributed by atoms with Gasteiger partial charge in [-0.3, -0.25) is 4.79 Å². The van der Waals surface area contributed by atoms with E-state index in [0.29, 0.717) is 12.8 Å². The summed E-state index contributed by atoms with van der Waals surface area (Å²) in [5.74, 6) is 0.393. The van der Waals surface area contributed by atoms with Crippen molar-refractivity contribution in [2.75, 3.05) is 6.54 Å². The molecule has 3 rings (SSSR count). The fourth-order valence-corrected chi connectivity index (χ4v) is 5.16. The lowest BCUT2D eigenvalue weighted by atomic mass is 10.1. The zero-order chi connectivity index (χ0) is 28.1. The van der Waals surface area contributed by atoms with Gasteiger partial charge in [-0.15, -0.1) is 11.3 Å². The first kappa shape index (κ1) is 30.2. The molecule has 9 heteroatoms. The molecule has 0 saturated carbocycles. The van der Waals surface area contributed by atoms with E-state index in [2.05, 4.69) is 22.0 Å². The maximum atomic E-state index is 12.9. The smallest absolute Gasteiger partial charge is 0.408 e. The standard InChI is InChI=1S/C30H41N3O5S/c1-30(2,3)38-28(35)25(32-29(36)37-21-22-12-6-4-7-13-22)20-24-18-17-23(39-24)14-8-5-9-16-27(34)33-26-15-10-11-19-31-26/h4,6-7,12-13,15,17-18,25,31H,5,8-11,14,16,19-21H2,1-3H3,(H,32,36)(H,33,34). The summed E-state index contributed by atoms with van der Waals surface area (Å²) < 4.78 is 10.9. The Morgan fingerprint density at radius 3 is 2.51 bits per heavy atom. The molecule has 1 aromatic heterocycles. The Labute approximate surface area is 235 Å². The van der Waals surface area contributed by atoms with Crippen molar-refractivity contribution < 1.29 is 23.9 Å². The number of esters is 1. The largest absolute Gasteiger partial charge is 0.458 e. The summed E-state index contributed by atoms with van der Waals surface area (Å²) >= 11 is 1.63. The van der Waals surface area contributed by atoms with Crippen LogP contribution in [0, 0.1) is 0 Å². The highest BCUT2D eigenvalue weighted by Crippen LogP contribution is 2.22. The quantitative estimate of drug-likeness (QED) is 0.227. The predicted molar refractivity (Wildman–Crippen MR) is 153 cm³/mol. The lowest BCUT2D eigenvalue weighted by Gasteiger charge is -2.24. The number of amides is 2. The van der Waals surface area contributed by atoms with E-state index in [4.69, 9.17) is 9.47 Å². The minimum absolute atomic E-state index is 0.0528. The summed E-state index contributed by atoms with van der Waals surface area (Å²) in [5, 5.41) is 8.83. The summed E-state index contributed by atoms with van der Waals surface area (Å²) in [6.45, 7) is 6.42. The number of hydrogen-bond donors (Lipinski definition) is 3. The molecular formula is C30H41N3O5S. The van der Waals surface area contributed by atoms with Crippen molar-refractivity contribution in [3.63, 3.8) is 0 Å². The van der Waals surface area contributed by atoms with Crippen LogP contribution in [0.25, 0.3) is 0 Å². The monoisotopic (exact) mass is 555 g/mol. The number of thiophene rings is 1. The molecule has 212 valence electrons. The van der Waals surface area contributed by atoms with Gasteiger partial charge in [0.25, 0.3) is 0 Å². The van der Waals surface area contributed by atoms with Crippen molar-refractivity contribution in [3.05, 3.63) is 69.7 Å². The number of alkyl carbamates (subject to hydrolysis) is 1. The molecule has 8 nitrogen and oxygen atoms in total. The van der Waals surface area contributed by atoms with E-state index in [1.807, 2.05) is 42.5 Å². The first-order valence-electron chi connectivity index (χ1n) is 13.7. The second-order valence-electron chi connectivity index (χ2n) is 10.7. The molecule has 2 amide bonds. The minimum atomic E-state index is -0.855. The maximum Gasteiger partial charge on any atom is 0.408 e. The molecule has 1 unspecified atom stereocenters. The van der Waals surface area contributed by atoms with Crippen LogP contribution < -0.4 is 16.0 Å². The van der Waals surface area contributed by atoms with E-state index < -0.39 is 23.7 Å². The lowest BCUT2D eigenvalue weighted by molar-refractivity contribution is -0.157. The average Bonchev–Trinajstić information content (AvgIpc) is 3.34. The number of carbonyl (C=O) groups is 3. The van der Waals surface area contributed by atoms with Crippen LogP contribution in [-0.2, 0) is 38.5 Å². The number of ether oxygens (including phenoxy) is 2. The molecule has 39 heavy (non-hydrogen) atoms. The highest BCUT2D eigenvalue weighted by Gasteiger charge is 2.28. The Morgan fingerprint density at radius 2 is 1.79 bits per heavy atom. The third-order valence-electron chi connectivity index (χ3n) is 5.96. The van der Waals surface area contributed by atoms with Crippen LogP contribution in [-0.4, -0.2) is 36.2 Å². The van der Waals surface area contributed by atoms with Gasteiger partial charge >= 0.3 is 12.1 Å². The van der Waals surface area contributed by atoms with E-state index in [1.54, 1.807) is 32.1 Å². The molecule has 0 bridgehead atoms. The van der Waals surface area contributed by atoms with Gasteiger partial charge in [-0.25, -0.2) is 9.59 Å².